The van der Waals surface area contributed by atoms with Crippen LogP contribution in [-0.2, 0) is 11.3 Å². The van der Waals surface area contributed by atoms with Crippen LogP contribution in [0.15, 0.2) is 46.0 Å². The van der Waals surface area contributed by atoms with Crippen LogP contribution in [0.3, 0.4) is 0 Å². The molecule has 3 aromatic rings. The van der Waals surface area contributed by atoms with Crippen molar-refractivity contribution in [3.8, 4) is 17.2 Å². The average Bonchev–Trinajstić information content (AvgIpc) is 3.53. The van der Waals surface area contributed by atoms with E-state index in [0.29, 0.717) is 48.5 Å². The predicted molar refractivity (Wildman–Crippen MR) is 159 cm³/mol. The SMILES string of the molecule is CC(C)Oc1cc(Cn2c(=O)c3cc(OC(CF)CF)ccc3n(C3CCN(C=O)CC3)c2=O)ccc1OC1CCCC1. The molecule has 2 aliphatic rings. The van der Waals surface area contributed by atoms with Gasteiger partial charge in [0, 0.05) is 19.1 Å². The standard InChI is InChI=1S/C32H39F2N3O6/c1-21(2)41-30-15-22(7-10-29(30)43-24-5-3-4-6-24)19-36-31(39)27-16-25(42-26(17-33)18-34)8-9-28(27)37(32(36)40)23-11-13-35(20-38)14-12-23/h7-10,15-16,20-21,23-24,26H,3-6,11-14,17-19H2,1-2H3. The molecular formula is C32H39F2N3O6. The summed E-state index contributed by atoms with van der Waals surface area (Å²) in [5.74, 6) is 1.32. The Bertz CT molecular complexity index is 1540. The number of ether oxygens (including phenoxy) is 3. The van der Waals surface area contributed by atoms with Crippen LogP contribution in [0.5, 0.6) is 17.2 Å². The van der Waals surface area contributed by atoms with Gasteiger partial charge in [0.1, 0.15) is 19.1 Å². The van der Waals surface area contributed by atoms with Gasteiger partial charge in [0.05, 0.1) is 29.7 Å². The summed E-state index contributed by atoms with van der Waals surface area (Å²) in [6, 6.07) is 9.74. The van der Waals surface area contributed by atoms with Crippen LogP contribution in [0.1, 0.15) is 64.0 Å². The van der Waals surface area contributed by atoms with Crippen molar-refractivity contribution in [1.29, 1.82) is 0 Å². The van der Waals surface area contributed by atoms with Crippen molar-refractivity contribution < 1.29 is 27.8 Å². The van der Waals surface area contributed by atoms with Gasteiger partial charge in [-0.2, -0.15) is 0 Å². The fraction of sp³-hybridized carbons (Fsp3) is 0.531. The Balaban J connectivity index is 1.57. The highest BCUT2D eigenvalue weighted by Gasteiger charge is 2.26. The first-order valence-electron chi connectivity index (χ1n) is 15.0. The predicted octanol–water partition coefficient (Wildman–Crippen LogP) is 4.80. The number of piperidine rings is 1. The highest BCUT2D eigenvalue weighted by molar-refractivity contribution is 5.80. The van der Waals surface area contributed by atoms with E-state index < -0.39 is 30.7 Å². The Labute approximate surface area is 249 Å². The normalized spacial score (nSPS) is 16.4. The number of carbonyl (C=O) groups excluding carboxylic acids is 1. The minimum absolute atomic E-state index is 0.0262. The maximum absolute atomic E-state index is 14.0. The molecule has 2 heterocycles. The lowest BCUT2D eigenvalue weighted by Crippen LogP contribution is -2.44. The van der Waals surface area contributed by atoms with Crippen molar-refractivity contribution >= 4 is 17.3 Å². The molecule has 0 N–H and O–H groups in total. The molecule has 5 rings (SSSR count). The Morgan fingerprint density at radius 2 is 1.65 bits per heavy atom. The highest BCUT2D eigenvalue weighted by Crippen LogP contribution is 2.34. The number of aromatic nitrogens is 2. The number of alkyl halides is 2. The van der Waals surface area contributed by atoms with E-state index in [2.05, 4.69) is 0 Å². The maximum Gasteiger partial charge on any atom is 0.332 e. The quantitative estimate of drug-likeness (QED) is 0.278. The van der Waals surface area contributed by atoms with E-state index >= 15 is 0 Å². The van der Waals surface area contributed by atoms with Crippen molar-refractivity contribution in [2.45, 2.75) is 83.3 Å². The Morgan fingerprint density at radius 3 is 2.30 bits per heavy atom. The first kappa shape index (κ1) is 30.6. The van der Waals surface area contributed by atoms with Crippen molar-refractivity contribution in [2.24, 2.45) is 0 Å². The number of benzene rings is 2. The Kier molecular flexibility index (Phi) is 9.67. The largest absolute Gasteiger partial charge is 0.487 e. The smallest absolute Gasteiger partial charge is 0.332 e. The topological polar surface area (TPSA) is 92.0 Å². The molecule has 0 atom stereocenters. The summed E-state index contributed by atoms with van der Waals surface area (Å²) in [6.45, 7) is 2.74. The fourth-order valence-corrected chi connectivity index (χ4v) is 5.94. The Hall–Kier alpha value is -3.89. The van der Waals surface area contributed by atoms with Gasteiger partial charge in [-0.3, -0.25) is 18.7 Å². The summed E-state index contributed by atoms with van der Waals surface area (Å²) in [5.41, 5.74) is 0.0716. The monoisotopic (exact) mass is 599 g/mol. The van der Waals surface area contributed by atoms with Gasteiger partial charge in [0.2, 0.25) is 6.41 Å². The van der Waals surface area contributed by atoms with Crippen LogP contribution >= 0.6 is 0 Å². The molecule has 0 spiro atoms. The molecule has 1 aromatic heterocycles. The zero-order chi connectivity index (χ0) is 30.5. The van der Waals surface area contributed by atoms with Crippen LogP contribution in [0.2, 0.25) is 0 Å². The molecule has 1 saturated heterocycles. The summed E-state index contributed by atoms with van der Waals surface area (Å²) < 4.78 is 46.9. The third-order valence-electron chi connectivity index (χ3n) is 8.11. The Morgan fingerprint density at radius 1 is 0.930 bits per heavy atom. The molecule has 1 aliphatic heterocycles. The summed E-state index contributed by atoms with van der Waals surface area (Å²) >= 11 is 0. The summed E-state index contributed by atoms with van der Waals surface area (Å²) in [7, 11) is 0. The van der Waals surface area contributed by atoms with Gasteiger partial charge in [-0.25, -0.2) is 13.6 Å². The number of amides is 1. The van der Waals surface area contributed by atoms with Gasteiger partial charge >= 0.3 is 5.69 Å². The molecule has 11 heteroatoms. The molecule has 0 bridgehead atoms. The molecule has 1 amide bonds. The van der Waals surface area contributed by atoms with Crippen molar-refractivity contribution in [3.63, 3.8) is 0 Å². The van der Waals surface area contributed by atoms with E-state index in [9.17, 15) is 23.2 Å². The van der Waals surface area contributed by atoms with Gasteiger partial charge < -0.3 is 19.1 Å². The lowest BCUT2D eigenvalue weighted by molar-refractivity contribution is -0.119. The molecule has 9 nitrogen and oxygen atoms in total. The second kappa shape index (κ2) is 13.6. The number of fused-ring (bicyclic) bond motifs is 1. The number of hydrogen-bond donors (Lipinski definition) is 0. The van der Waals surface area contributed by atoms with Gasteiger partial charge in [-0.1, -0.05) is 6.07 Å². The van der Waals surface area contributed by atoms with E-state index in [1.165, 1.54) is 16.7 Å². The molecule has 2 aromatic carbocycles. The van der Waals surface area contributed by atoms with E-state index in [-0.39, 0.29) is 35.9 Å². The molecule has 43 heavy (non-hydrogen) atoms. The van der Waals surface area contributed by atoms with E-state index in [4.69, 9.17) is 14.2 Å². The third-order valence-corrected chi connectivity index (χ3v) is 8.11. The van der Waals surface area contributed by atoms with Crippen molar-refractivity contribution in [3.05, 3.63) is 62.8 Å². The number of likely N-dealkylation sites (tertiary alicyclic amines) is 1. The molecule has 0 unspecified atom stereocenters. The maximum atomic E-state index is 14.0. The van der Waals surface area contributed by atoms with Gasteiger partial charge in [-0.15, -0.1) is 0 Å². The fourth-order valence-electron chi connectivity index (χ4n) is 5.94. The molecule has 1 saturated carbocycles. The van der Waals surface area contributed by atoms with Crippen LogP contribution < -0.4 is 25.5 Å². The summed E-state index contributed by atoms with van der Waals surface area (Å²) in [4.78, 5) is 40.8. The van der Waals surface area contributed by atoms with E-state index in [1.54, 1.807) is 21.6 Å². The second-order valence-electron chi connectivity index (χ2n) is 11.6. The lowest BCUT2D eigenvalue weighted by Gasteiger charge is -2.31. The lowest BCUT2D eigenvalue weighted by atomic mass is 10.0. The minimum Gasteiger partial charge on any atom is -0.487 e. The minimum atomic E-state index is -1.29. The van der Waals surface area contributed by atoms with Crippen LogP contribution in [0.4, 0.5) is 8.78 Å². The van der Waals surface area contributed by atoms with E-state index in [0.717, 1.165) is 32.1 Å². The van der Waals surface area contributed by atoms with Crippen molar-refractivity contribution in [1.82, 2.24) is 14.0 Å². The molecule has 0 radical (unpaired) electrons. The number of carbonyl (C=O) groups is 1. The highest BCUT2D eigenvalue weighted by atomic mass is 19.1. The number of rotatable bonds is 12. The van der Waals surface area contributed by atoms with Gasteiger partial charge in [-0.05, 0) is 88.3 Å². The molecule has 2 fully saturated rings. The second-order valence-corrected chi connectivity index (χ2v) is 11.6. The number of halogens is 2. The molecule has 1 aliphatic carbocycles. The van der Waals surface area contributed by atoms with Crippen molar-refractivity contribution in [2.75, 3.05) is 26.4 Å². The van der Waals surface area contributed by atoms with Crippen LogP contribution in [0, 0.1) is 0 Å². The zero-order valence-corrected chi connectivity index (χ0v) is 24.7. The first-order valence-corrected chi connectivity index (χ1v) is 15.0. The first-order chi connectivity index (χ1) is 20.8. The summed E-state index contributed by atoms with van der Waals surface area (Å²) in [5, 5.41) is 0.200. The number of nitrogens with zero attached hydrogens (tertiary/aromatic N) is 3. The third kappa shape index (κ3) is 6.86. The van der Waals surface area contributed by atoms with E-state index in [1.807, 2.05) is 26.0 Å². The molecular weight excluding hydrogens is 560 g/mol. The van der Waals surface area contributed by atoms with Gasteiger partial charge in [0.25, 0.3) is 5.56 Å². The average molecular weight is 600 g/mol. The summed E-state index contributed by atoms with van der Waals surface area (Å²) in [6.07, 6.45) is 4.83. The zero-order valence-electron chi connectivity index (χ0n) is 24.7. The molecule has 232 valence electrons. The van der Waals surface area contributed by atoms with Crippen LogP contribution in [-0.4, -0.2) is 65.2 Å². The van der Waals surface area contributed by atoms with Gasteiger partial charge in [0.15, 0.2) is 17.6 Å². The number of hydrogen-bond acceptors (Lipinski definition) is 6. The van der Waals surface area contributed by atoms with Crippen LogP contribution in [0.25, 0.3) is 10.9 Å².